The minimum absolute atomic E-state index is 0.0845. The summed E-state index contributed by atoms with van der Waals surface area (Å²) in [5, 5.41) is 11.9. The lowest BCUT2D eigenvalue weighted by Gasteiger charge is -2.11. The van der Waals surface area contributed by atoms with Crippen molar-refractivity contribution in [2.75, 3.05) is 18.1 Å². The van der Waals surface area contributed by atoms with Gasteiger partial charge in [0.15, 0.2) is 11.0 Å². The summed E-state index contributed by atoms with van der Waals surface area (Å²) < 4.78 is 16.2. The molecule has 162 valence electrons. The van der Waals surface area contributed by atoms with Crippen LogP contribution < -0.4 is 5.32 Å². The minimum atomic E-state index is -0.373. The van der Waals surface area contributed by atoms with Crippen LogP contribution in [0.1, 0.15) is 0 Å². The van der Waals surface area contributed by atoms with Gasteiger partial charge < -0.3 is 5.32 Å². The Balaban J connectivity index is 1.42. The molecule has 3 aromatic carbocycles. The molecule has 1 N–H and O–H groups in total. The van der Waals surface area contributed by atoms with Crippen molar-refractivity contribution < 1.29 is 9.18 Å². The highest BCUT2D eigenvalue weighted by Gasteiger charge is 2.19. The van der Waals surface area contributed by atoms with E-state index in [1.807, 2.05) is 60.7 Å². The van der Waals surface area contributed by atoms with Crippen LogP contribution in [0.4, 0.5) is 4.39 Å². The summed E-state index contributed by atoms with van der Waals surface area (Å²) in [6, 6.07) is 26.0. The molecule has 32 heavy (non-hydrogen) atoms. The second-order valence-electron chi connectivity index (χ2n) is 6.76. The van der Waals surface area contributed by atoms with E-state index in [0.29, 0.717) is 23.1 Å². The third kappa shape index (κ3) is 5.57. The maximum Gasteiger partial charge on any atom is 0.230 e. The molecule has 0 aliphatic carbocycles. The quantitative estimate of drug-likeness (QED) is 0.277. The van der Waals surface area contributed by atoms with Crippen LogP contribution in [0.3, 0.4) is 0 Å². The number of nitrogens with one attached hydrogen (secondary N) is 1. The average Bonchev–Trinajstić information content (AvgIpc) is 3.26. The van der Waals surface area contributed by atoms with Crippen molar-refractivity contribution in [2.45, 2.75) is 10.1 Å². The third-order valence-electron chi connectivity index (χ3n) is 4.53. The van der Waals surface area contributed by atoms with Crippen LogP contribution in [0.25, 0.3) is 17.1 Å². The zero-order chi connectivity index (χ0) is 22.2. The van der Waals surface area contributed by atoms with Gasteiger partial charge in [-0.1, -0.05) is 60.3 Å². The molecular weight excluding hydrogens is 443 g/mol. The second kappa shape index (κ2) is 11.0. The normalized spacial score (nSPS) is 10.8. The lowest BCUT2D eigenvalue weighted by Crippen LogP contribution is -2.27. The molecule has 0 bridgehead atoms. The number of hydrogen-bond acceptors (Lipinski definition) is 5. The molecular formula is C24H21FN4OS2. The first kappa shape index (κ1) is 22.1. The van der Waals surface area contributed by atoms with E-state index in [9.17, 15) is 9.18 Å². The van der Waals surface area contributed by atoms with Gasteiger partial charge in [0, 0.05) is 22.9 Å². The maximum atomic E-state index is 14.4. The van der Waals surface area contributed by atoms with Gasteiger partial charge in [-0.05, 0) is 36.4 Å². The molecule has 0 saturated heterocycles. The number of nitrogens with zero attached hydrogens (tertiary/aromatic N) is 3. The fourth-order valence-electron chi connectivity index (χ4n) is 3.05. The molecule has 5 nitrogen and oxygen atoms in total. The van der Waals surface area contributed by atoms with Crippen molar-refractivity contribution in [1.82, 2.24) is 20.1 Å². The molecule has 0 unspecified atom stereocenters. The van der Waals surface area contributed by atoms with Crippen LogP contribution in [0.5, 0.6) is 0 Å². The van der Waals surface area contributed by atoms with Gasteiger partial charge in [0.05, 0.1) is 11.3 Å². The molecule has 1 aromatic heterocycles. The van der Waals surface area contributed by atoms with E-state index < -0.39 is 0 Å². The summed E-state index contributed by atoms with van der Waals surface area (Å²) in [7, 11) is 0. The molecule has 0 aliphatic heterocycles. The number of amides is 1. The van der Waals surface area contributed by atoms with Gasteiger partial charge in [-0.3, -0.25) is 9.36 Å². The van der Waals surface area contributed by atoms with Crippen LogP contribution in [0.15, 0.2) is 95.0 Å². The van der Waals surface area contributed by atoms with Crippen molar-refractivity contribution in [2.24, 2.45) is 0 Å². The van der Waals surface area contributed by atoms with Crippen LogP contribution in [-0.4, -0.2) is 38.7 Å². The summed E-state index contributed by atoms with van der Waals surface area (Å²) in [6.07, 6.45) is 0. The number of rotatable bonds is 9. The van der Waals surface area contributed by atoms with Gasteiger partial charge in [0.1, 0.15) is 5.82 Å². The van der Waals surface area contributed by atoms with Gasteiger partial charge >= 0.3 is 0 Å². The maximum absolute atomic E-state index is 14.4. The summed E-state index contributed by atoms with van der Waals surface area (Å²) >= 11 is 2.97. The zero-order valence-corrected chi connectivity index (χ0v) is 18.8. The Hall–Kier alpha value is -3.10. The molecule has 4 rings (SSSR count). The molecule has 1 heterocycles. The van der Waals surface area contributed by atoms with Crippen LogP contribution >= 0.6 is 23.5 Å². The largest absolute Gasteiger partial charge is 0.355 e. The Morgan fingerprint density at radius 2 is 1.56 bits per heavy atom. The molecule has 0 saturated carbocycles. The Kier molecular flexibility index (Phi) is 7.58. The topological polar surface area (TPSA) is 59.8 Å². The van der Waals surface area contributed by atoms with Crippen LogP contribution in [0.2, 0.25) is 0 Å². The summed E-state index contributed by atoms with van der Waals surface area (Å²) in [6.45, 7) is 0.574. The fourth-order valence-corrected chi connectivity index (χ4v) is 4.62. The smallest absolute Gasteiger partial charge is 0.230 e. The van der Waals surface area contributed by atoms with Crippen molar-refractivity contribution in [1.29, 1.82) is 0 Å². The van der Waals surface area contributed by atoms with Gasteiger partial charge in [0.2, 0.25) is 5.91 Å². The summed E-state index contributed by atoms with van der Waals surface area (Å²) in [5.41, 5.74) is 1.16. The van der Waals surface area contributed by atoms with E-state index in [0.717, 1.165) is 11.4 Å². The molecule has 0 atom stereocenters. The fraction of sp³-hybridized carbons (Fsp3) is 0.125. The van der Waals surface area contributed by atoms with Crippen LogP contribution in [-0.2, 0) is 4.79 Å². The number of hydrogen-bond donors (Lipinski definition) is 1. The predicted molar refractivity (Wildman–Crippen MR) is 128 cm³/mol. The molecule has 0 spiro atoms. The van der Waals surface area contributed by atoms with E-state index in [2.05, 4.69) is 15.5 Å². The number of carbonyl (C=O) groups is 1. The van der Waals surface area contributed by atoms with Crippen molar-refractivity contribution in [3.05, 3.63) is 90.7 Å². The van der Waals surface area contributed by atoms with Gasteiger partial charge in [-0.25, -0.2) is 4.39 Å². The first-order valence-corrected chi connectivity index (χ1v) is 12.0. The standard InChI is InChI=1S/C24H21FN4OS2/c25-21-14-8-7-13-20(21)23-27-28-24(29(23)18-9-3-1-4-10-18)32-17-22(30)26-15-16-31-19-11-5-2-6-12-19/h1-14H,15-17H2,(H,26,30). The Bertz CT molecular complexity index is 1170. The molecule has 0 radical (unpaired) electrons. The van der Waals surface area contributed by atoms with E-state index in [1.54, 1.807) is 34.5 Å². The van der Waals surface area contributed by atoms with Gasteiger partial charge in [-0.15, -0.1) is 22.0 Å². The zero-order valence-electron chi connectivity index (χ0n) is 17.1. The lowest BCUT2D eigenvalue weighted by atomic mass is 10.2. The first-order valence-electron chi connectivity index (χ1n) is 10.1. The van der Waals surface area contributed by atoms with Crippen molar-refractivity contribution >= 4 is 29.4 Å². The molecule has 0 aliphatic rings. The Morgan fingerprint density at radius 3 is 2.31 bits per heavy atom. The average molecular weight is 465 g/mol. The number of benzene rings is 3. The highest BCUT2D eigenvalue weighted by molar-refractivity contribution is 7.99. The molecule has 1 amide bonds. The van der Waals surface area contributed by atoms with Gasteiger partial charge in [0.25, 0.3) is 0 Å². The number of carbonyl (C=O) groups excluding carboxylic acids is 1. The predicted octanol–water partition coefficient (Wildman–Crippen LogP) is 5.07. The van der Waals surface area contributed by atoms with E-state index in [-0.39, 0.29) is 17.5 Å². The highest BCUT2D eigenvalue weighted by Crippen LogP contribution is 2.29. The summed E-state index contributed by atoms with van der Waals surface area (Å²) in [5.74, 6) is 0.925. The molecule has 0 fully saturated rings. The Labute approximate surface area is 194 Å². The summed E-state index contributed by atoms with van der Waals surface area (Å²) in [4.78, 5) is 13.5. The SMILES string of the molecule is O=C(CSc1nnc(-c2ccccc2F)n1-c1ccccc1)NCCSc1ccccc1. The Morgan fingerprint density at radius 1 is 0.875 bits per heavy atom. The third-order valence-corrected chi connectivity index (χ3v) is 6.47. The monoisotopic (exact) mass is 464 g/mol. The van der Waals surface area contributed by atoms with Crippen molar-refractivity contribution in [3.8, 4) is 17.1 Å². The number of para-hydroxylation sites is 1. The molecule has 8 heteroatoms. The lowest BCUT2D eigenvalue weighted by molar-refractivity contribution is -0.118. The minimum Gasteiger partial charge on any atom is -0.355 e. The number of thioether (sulfide) groups is 2. The second-order valence-corrected chi connectivity index (χ2v) is 8.87. The van der Waals surface area contributed by atoms with E-state index >= 15 is 0 Å². The van der Waals surface area contributed by atoms with E-state index in [4.69, 9.17) is 0 Å². The number of halogens is 1. The first-order chi connectivity index (χ1) is 15.7. The molecule has 4 aromatic rings. The van der Waals surface area contributed by atoms with Crippen LogP contribution in [0, 0.1) is 5.82 Å². The van der Waals surface area contributed by atoms with Crippen molar-refractivity contribution in [3.63, 3.8) is 0 Å². The van der Waals surface area contributed by atoms with E-state index in [1.165, 1.54) is 22.7 Å². The van der Waals surface area contributed by atoms with Gasteiger partial charge in [-0.2, -0.15) is 0 Å². The highest BCUT2D eigenvalue weighted by atomic mass is 32.2. The number of aromatic nitrogens is 3.